The molecule has 1 N–H and O–H groups in total. The van der Waals surface area contributed by atoms with Crippen LogP contribution in [-0.2, 0) is 11.3 Å². The molecule has 2 aromatic heterocycles. The monoisotopic (exact) mass is 421 g/mol. The van der Waals surface area contributed by atoms with Crippen LogP contribution in [-0.4, -0.2) is 29.7 Å². The molecule has 0 unspecified atom stereocenters. The smallest absolute Gasteiger partial charge is 0.262 e. The number of nitrogens with one attached hydrogen (secondary N) is 1. The lowest BCUT2D eigenvalue weighted by Gasteiger charge is -2.12. The third kappa shape index (κ3) is 3.90. The molecular weight excluding hydrogens is 402 g/mol. The number of anilines is 1. The number of nitrogens with zero attached hydrogens (tertiary/aromatic N) is 2. The lowest BCUT2D eigenvalue weighted by molar-refractivity contribution is -0.116. The topological polar surface area (TPSA) is 82.4 Å². The summed E-state index contributed by atoms with van der Waals surface area (Å²) in [6.07, 6.45) is 1.40. The lowest BCUT2D eigenvalue weighted by atomic mass is 10.2. The Balaban J connectivity index is 1.59. The Bertz CT molecular complexity index is 1260. The molecule has 0 fully saturated rings. The zero-order chi connectivity index (χ0) is 21.1. The van der Waals surface area contributed by atoms with Gasteiger partial charge in [0.25, 0.3) is 5.56 Å². The number of hydrogen-bond donors (Lipinski definition) is 1. The van der Waals surface area contributed by atoms with E-state index in [1.807, 2.05) is 36.4 Å². The number of carbonyl (C=O) groups is 1. The molecule has 7 nitrogen and oxygen atoms in total. The molecular formula is C22H19N3O4S. The SMILES string of the molecule is COc1ccc(OC)c(NC(=O)Cn2cnc3sc(-c4ccccc4)cc3c2=O)c1. The summed E-state index contributed by atoms with van der Waals surface area (Å²) in [4.78, 5) is 31.4. The van der Waals surface area contributed by atoms with Gasteiger partial charge in [-0.3, -0.25) is 14.2 Å². The first kappa shape index (κ1) is 19.7. The van der Waals surface area contributed by atoms with E-state index in [4.69, 9.17) is 9.47 Å². The Morgan fingerprint density at radius 1 is 1.10 bits per heavy atom. The third-order valence-electron chi connectivity index (χ3n) is 4.57. The second kappa shape index (κ2) is 8.38. The minimum absolute atomic E-state index is 0.168. The van der Waals surface area contributed by atoms with Gasteiger partial charge in [0.15, 0.2) is 0 Å². The highest BCUT2D eigenvalue weighted by molar-refractivity contribution is 7.21. The van der Waals surface area contributed by atoms with Gasteiger partial charge >= 0.3 is 0 Å². The third-order valence-corrected chi connectivity index (χ3v) is 5.66. The second-order valence-corrected chi connectivity index (χ2v) is 7.52. The lowest BCUT2D eigenvalue weighted by Crippen LogP contribution is -2.27. The van der Waals surface area contributed by atoms with Crippen molar-refractivity contribution in [2.45, 2.75) is 6.54 Å². The van der Waals surface area contributed by atoms with Crippen LogP contribution >= 0.6 is 11.3 Å². The van der Waals surface area contributed by atoms with E-state index >= 15 is 0 Å². The second-order valence-electron chi connectivity index (χ2n) is 6.49. The Morgan fingerprint density at radius 3 is 2.63 bits per heavy atom. The number of aromatic nitrogens is 2. The van der Waals surface area contributed by atoms with Gasteiger partial charge in [0.2, 0.25) is 5.91 Å². The average Bonchev–Trinajstić information content (AvgIpc) is 3.21. The molecule has 4 rings (SSSR count). The molecule has 30 heavy (non-hydrogen) atoms. The Morgan fingerprint density at radius 2 is 1.90 bits per heavy atom. The summed E-state index contributed by atoms with van der Waals surface area (Å²) in [5.41, 5.74) is 1.23. The van der Waals surface area contributed by atoms with Gasteiger partial charge in [-0.2, -0.15) is 0 Å². The van der Waals surface area contributed by atoms with Gasteiger partial charge in [-0.25, -0.2) is 4.98 Å². The molecule has 0 aliphatic carbocycles. The quantitative estimate of drug-likeness (QED) is 0.512. The van der Waals surface area contributed by atoms with Crippen LogP contribution in [0.4, 0.5) is 5.69 Å². The van der Waals surface area contributed by atoms with Crippen LogP contribution in [0.15, 0.2) is 65.7 Å². The van der Waals surface area contributed by atoms with Crippen molar-refractivity contribution in [2.75, 3.05) is 19.5 Å². The molecule has 0 saturated heterocycles. The van der Waals surface area contributed by atoms with Gasteiger partial charge in [-0.05, 0) is 23.8 Å². The summed E-state index contributed by atoms with van der Waals surface area (Å²) in [5, 5.41) is 3.26. The van der Waals surface area contributed by atoms with Gasteiger partial charge in [0.05, 0.1) is 31.6 Å². The molecule has 0 bridgehead atoms. The maximum atomic E-state index is 12.9. The van der Waals surface area contributed by atoms with Crippen LogP contribution in [0.2, 0.25) is 0 Å². The summed E-state index contributed by atoms with van der Waals surface area (Å²) < 4.78 is 11.8. The van der Waals surface area contributed by atoms with Crippen molar-refractivity contribution in [3.8, 4) is 21.9 Å². The van der Waals surface area contributed by atoms with Crippen molar-refractivity contribution >= 4 is 33.1 Å². The van der Waals surface area contributed by atoms with Gasteiger partial charge < -0.3 is 14.8 Å². The Kier molecular flexibility index (Phi) is 5.49. The van der Waals surface area contributed by atoms with Crippen molar-refractivity contribution in [1.29, 1.82) is 0 Å². The first-order valence-corrected chi connectivity index (χ1v) is 9.97. The molecule has 4 aromatic rings. The van der Waals surface area contributed by atoms with Crippen LogP contribution in [0.3, 0.4) is 0 Å². The van der Waals surface area contributed by atoms with E-state index in [9.17, 15) is 9.59 Å². The van der Waals surface area contributed by atoms with E-state index in [0.717, 1.165) is 10.4 Å². The van der Waals surface area contributed by atoms with Crippen LogP contribution in [0.5, 0.6) is 11.5 Å². The summed E-state index contributed by atoms with van der Waals surface area (Å²) in [7, 11) is 3.05. The molecule has 0 aliphatic rings. The zero-order valence-corrected chi connectivity index (χ0v) is 17.2. The fourth-order valence-corrected chi connectivity index (χ4v) is 4.07. The molecule has 1 amide bonds. The average molecular weight is 421 g/mol. The van der Waals surface area contributed by atoms with E-state index in [-0.39, 0.29) is 18.0 Å². The largest absolute Gasteiger partial charge is 0.497 e. The minimum Gasteiger partial charge on any atom is -0.497 e. The number of hydrogen-bond acceptors (Lipinski definition) is 6. The van der Waals surface area contributed by atoms with Gasteiger partial charge in [0, 0.05) is 10.9 Å². The summed E-state index contributed by atoms with van der Waals surface area (Å²) in [6.45, 7) is -0.168. The van der Waals surface area contributed by atoms with Crippen molar-refractivity contribution < 1.29 is 14.3 Å². The van der Waals surface area contributed by atoms with Crippen LogP contribution in [0, 0.1) is 0 Å². The highest BCUT2D eigenvalue weighted by atomic mass is 32.1. The maximum absolute atomic E-state index is 12.9. The highest BCUT2D eigenvalue weighted by Crippen LogP contribution is 2.31. The van der Waals surface area contributed by atoms with Crippen molar-refractivity contribution in [3.05, 3.63) is 71.3 Å². The zero-order valence-electron chi connectivity index (χ0n) is 16.4. The van der Waals surface area contributed by atoms with Crippen LogP contribution in [0.1, 0.15) is 0 Å². The summed E-state index contributed by atoms with van der Waals surface area (Å²) >= 11 is 1.45. The van der Waals surface area contributed by atoms with Crippen molar-refractivity contribution in [2.24, 2.45) is 0 Å². The fraction of sp³-hybridized carbons (Fsp3) is 0.136. The minimum atomic E-state index is -0.372. The Labute approximate surface area is 176 Å². The fourth-order valence-electron chi connectivity index (χ4n) is 3.07. The van der Waals surface area contributed by atoms with Crippen LogP contribution in [0.25, 0.3) is 20.7 Å². The van der Waals surface area contributed by atoms with E-state index in [1.54, 1.807) is 25.3 Å². The van der Waals surface area contributed by atoms with Gasteiger partial charge in [0.1, 0.15) is 22.9 Å². The van der Waals surface area contributed by atoms with Crippen molar-refractivity contribution in [3.63, 3.8) is 0 Å². The predicted octanol–water partition coefficient (Wildman–Crippen LogP) is 3.78. The molecule has 0 spiro atoms. The number of methoxy groups -OCH3 is 2. The van der Waals surface area contributed by atoms with Gasteiger partial charge in [-0.1, -0.05) is 30.3 Å². The number of amides is 1. The standard InChI is InChI=1S/C22H19N3O4S/c1-28-15-8-9-18(29-2)17(10-15)24-20(26)12-25-13-23-21-16(22(25)27)11-19(30-21)14-6-4-3-5-7-14/h3-11,13H,12H2,1-2H3,(H,24,26). The first-order chi connectivity index (χ1) is 14.6. The number of benzene rings is 2. The molecule has 2 heterocycles. The molecule has 0 atom stereocenters. The predicted molar refractivity (Wildman–Crippen MR) is 117 cm³/mol. The number of rotatable bonds is 6. The molecule has 0 aliphatic heterocycles. The highest BCUT2D eigenvalue weighted by Gasteiger charge is 2.14. The molecule has 0 saturated carbocycles. The summed E-state index contributed by atoms with van der Waals surface area (Å²) in [6, 6.07) is 16.7. The van der Waals surface area contributed by atoms with Crippen molar-refractivity contribution in [1.82, 2.24) is 9.55 Å². The molecule has 0 radical (unpaired) electrons. The first-order valence-electron chi connectivity index (χ1n) is 9.15. The van der Waals surface area contributed by atoms with E-state index in [2.05, 4.69) is 10.3 Å². The van der Waals surface area contributed by atoms with Gasteiger partial charge in [-0.15, -0.1) is 11.3 Å². The number of carbonyl (C=O) groups excluding carboxylic acids is 1. The number of fused-ring (bicyclic) bond motifs is 1. The molecule has 8 heteroatoms. The van der Waals surface area contributed by atoms with Crippen LogP contribution < -0.4 is 20.3 Å². The Hall–Kier alpha value is -3.65. The van der Waals surface area contributed by atoms with E-state index in [0.29, 0.717) is 27.4 Å². The van der Waals surface area contributed by atoms with E-state index in [1.165, 1.54) is 29.3 Å². The van der Waals surface area contributed by atoms with E-state index < -0.39 is 0 Å². The maximum Gasteiger partial charge on any atom is 0.262 e. The normalized spacial score (nSPS) is 10.7. The molecule has 2 aromatic carbocycles. The summed E-state index contributed by atoms with van der Waals surface area (Å²) in [5.74, 6) is 0.705. The molecule has 152 valence electrons. The number of ether oxygens (including phenoxy) is 2. The number of thiophene rings is 1.